The van der Waals surface area contributed by atoms with Crippen molar-refractivity contribution in [3.63, 3.8) is 0 Å². The molecule has 0 unspecified atom stereocenters. The molecule has 4 heteroatoms. The van der Waals surface area contributed by atoms with Gasteiger partial charge in [0.2, 0.25) is 5.91 Å². The van der Waals surface area contributed by atoms with Gasteiger partial charge in [-0.2, -0.15) is 0 Å². The fourth-order valence-corrected chi connectivity index (χ4v) is 2.50. The molecule has 1 aliphatic rings. The van der Waals surface area contributed by atoms with Crippen molar-refractivity contribution in [1.29, 1.82) is 0 Å². The van der Waals surface area contributed by atoms with Gasteiger partial charge in [0.15, 0.2) is 0 Å². The van der Waals surface area contributed by atoms with E-state index in [1.54, 1.807) is 12.1 Å². The summed E-state index contributed by atoms with van der Waals surface area (Å²) in [5.74, 6) is 0.657. The zero-order valence-corrected chi connectivity index (χ0v) is 11.6. The van der Waals surface area contributed by atoms with Crippen LogP contribution in [0.25, 0.3) is 0 Å². The fourth-order valence-electron chi connectivity index (χ4n) is 2.31. The molecule has 3 nitrogen and oxygen atoms in total. The van der Waals surface area contributed by atoms with Gasteiger partial charge in [-0.25, -0.2) is 0 Å². The van der Waals surface area contributed by atoms with Crippen molar-refractivity contribution in [3.8, 4) is 5.75 Å². The third kappa shape index (κ3) is 2.78. The third-order valence-corrected chi connectivity index (χ3v) is 3.58. The Labute approximate surface area is 122 Å². The molecule has 3 rings (SSSR count). The highest BCUT2D eigenvalue weighted by molar-refractivity contribution is 6.30. The molecule has 20 heavy (non-hydrogen) atoms. The molecule has 0 fully saturated rings. The Morgan fingerprint density at radius 2 is 2.05 bits per heavy atom. The van der Waals surface area contributed by atoms with Crippen molar-refractivity contribution in [2.45, 2.75) is 6.42 Å². The summed E-state index contributed by atoms with van der Waals surface area (Å²) in [5.41, 5.74) is 1.78. The summed E-state index contributed by atoms with van der Waals surface area (Å²) in [6.45, 7) is 0.406. The van der Waals surface area contributed by atoms with E-state index in [1.165, 1.54) is 0 Å². The van der Waals surface area contributed by atoms with Crippen LogP contribution >= 0.6 is 11.6 Å². The molecule has 1 atom stereocenters. The maximum Gasteiger partial charge on any atom is 0.231 e. The molecule has 0 radical (unpaired) electrons. The molecule has 102 valence electrons. The topological polar surface area (TPSA) is 38.3 Å². The predicted molar refractivity (Wildman–Crippen MR) is 79.2 cm³/mol. The van der Waals surface area contributed by atoms with Crippen LogP contribution in [-0.2, 0) is 11.2 Å². The number of carbonyl (C=O) groups excluding carboxylic acids is 1. The van der Waals surface area contributed by atoms with Crippen LogP contribution in [-0.4, -0.2) is 12.5 Å². The molecule has 1 aliphatic heterocycles. The lowest BCUT2D eigenvalue weighted by atomic mass is 9.96. The summed E-state index contributed by atoms with van der Waals surface area (Å²) in [6, 6.07) is 15.0. The van der Waals surface area contributed by atoms with Gasteiger partial charge >= 0.3 is 0 Å². The molecular formula is C16H14ClNO2. The number of anilines is 1. The van der Waals surface area contributed by atoms with E-state index in [-0.39, 0.29) is 11.8 Å². The van der Waals surface area contributed by atoms with Crippen LogP contribution in [0.2, 0.25) is 5.02 Å². The van der Waals surface area contributed by atoms with E-state index < -0.39 is 0 Å². The molecular weight excluding hydrogens is 274 g/mol. The van der Waals surface area contributed by atoms with Crippen LogP contribution in [0.5, 0.6) is 5.75 Å². The normalized spacial score (nSPS) is 16.9. The lowest BCUT2D eigenvalue weighted by Crippen LogP contribution is -2.32. The Balaban J connectivity index is 1.70. The van der Waals surface area contributed by atoms with Crippen molar-refractivity contribution in [3.05, 3.63) is 59.1 Å². The molecule has 0 aliphatic carbocycles. The minimum absolute atomic E-state index is 0.0400. The van der Waals surface area contributed by atoms with Gasteiger partial charge in [0.1, 0.15) is 12.4 Å². The zero-order chi connectivity index (χ0) is 13.9. The number of benzene rings is 2. The first-order valence-corrected chi connectivity index (χ1v) is 6.87. The Morgan fingerprint density at radius 3 is 2.90 bits per heavy atom. The van der Waals surface area contributed by atoms with Gasteiger partial charge in [0.25, 0.3) is 0 Å². The van der Waals surface area contributed by atoms with Crippen LogP contribution in [0.4, 0.5) is 5.69 Å². The predicted octanol–water partition coefficient (Wildman–Crippen LogP) is 3.53. The third-order valence-electron chi connectivity index (χ3n) is 3.34. The smallest absolute Gasteiger partial charge is 0.231 e. The van der Waals surface area contributed by atoms with E-state index in [4.69, 9.17) is 16.3 Å². The Morgan fingerprint density at radius 1 is 1.20 bits per heavy atom. The summed E-state index contributed by atoms with van der Waals surface area (Å²) in [5, 5.41) is 3.48. The van der Waals surface area contributed by atoms with Crippen LogP contribution in [0.1, 0.15) is 5.56 Å². The lowest BCUT2D eigenvalue weighted by Gasteiger charge is -2.24. The first kappa shape index (κ1) is 13.0. The first-order valence-electron chi connectivity index (χ1n) is 6.49. The average Bonchev–Trinajstić information content (AvgIpc) is 2.47. The van der Waals surface area contributed by atoms with Gasteiger partial charge in [-0.15, -0.1) is 0 Å². The average molecular weight is 288 g/mol. The van der Waals surface area contributed by atoms with Crippen LogP contribution in [0, 0.1) is 5.92 Å². The van der Waals surface area contributed by atoms with E-state index in [0.717, 1.165) is 11.3 Å². The second-order valence-corrected chi connectivity index (χ2v) is 5.26. The van der Waals surface area contributed by atoms with Crippen molar-refractivity contribution < 1.29 is 9.53 Å². The molecule has 1 N–H and O–H groups in total. The van der Waals surface area contributed by atoms with Crippen LogP contribution < -0.4 is 10.1 Å². The van der Waals surface area contributed by atoms with Crippen molar-refractivity contribution in [2.75, 3.05) is 11.9 Å². The number of nitrogens with one attached hydrogen (secondary N) is 1. The number of hydrogen-bond donors (Lipinski definition) is 1. The van der Waals surface area contributed by atoms with Crippen LogP contribution in [0.15, 0.2) is 48.5 Å². The number of para-hydroxylation sites is 1. The standard InChI is InChI=1S/C16H14ClNO2/c17-13-5-3-6-14(9-13)18-16(19)12-8-11-4-1-2-7-15(11)20-10-12/h1-7,9,12H,8,10H2,(H,18,19)/t12-/m0/s1. The highest BCUT2D eigenvalue weighted by Crippen LogP contribution is 2.27. The monoisotopic (exact) mass is 287 g/mol. The summed E-state index contributed by atoms with van der Waals surface area (Å²) in [4.78, 5) is 12.3. The minimum atomic E-state index is -0.177. The number of amides is 1. The van der Waals surface area contributed by atoms with E-state index in [0.29, 0.717) is 23.7 Å². The van der Waals surface area contributed by atoms with Gasteiger partial charge in [0, 0.05) is 10.7 Å². The zero-order valence-electron chi connectivity index (χ0n) is 10.8. The maximum atomic E-state index is 12.3. The molecule has 0 saturated heterocycles. The number of rotatable bonds is 2. The SMILES string of the molecule is O=C(Nc1cccc(Cl)c1)[C@@H]1COc2ccccc2C1. The number of carbonyl (C=O) groups is 1. The highest BCUT2D eigenvalue weighted by atomic mass is 35.5. The van der Waals surface area contributed by atoms with Gasteiger partial charge in [-0.3, -0.25) is 4.79 Å². The van der Waals surface area contributed by atoms with E-state index in [1.807, 2.05) is 36.4 Å². The molecule has 2 aromatic rings. The summed E-state index contributed by atoms with van der Waals surface area (Å²) in [7, 11) is 0. The molecule has 0 saturated carbocycles. The number of ether oxygens (including phenoxy) is 1. The summed E-state index contributed by atoms with van der Waals surface area (Å²) < 4.78 is 5.63. The summed E-state index contributed by atoms with van der Waals surface area (Å²) >= 11 is 5.91. The Kier molecular flexibility index (Phi) is 3.61. The molecule has 1 heterocycles. The van der Waals surface area contributed by atoms with Crippen molar-refractivity contribution in [2.24, 2.45) is 5.92 Å². The van der Waals surface area contributed by atoms with Gasteiger partial charge in [0.05, 0.1) is 5.92 Å². The fraction of sp³-hybridized carbons (Fsp3) is 0.188. The second-order valence-electron chi connectivity index (χ2n) is 4.82. The second kappa shape index (κ2) is 5.55. The first-order chi connectivity index (χ1) is 9.72. The minimum Gasteiger partial charge on any atom is -0.492 e. The van der Waals surface area contributed by atoms with Crippen LogP contribution in [0.3, 0.4) is 0 Å². The number of halogens is 1. The van der Waals surface area contributed by atoms with Crippen molar-refractivity contribution >= 4 is 23.2 Å². The highest BCUT2D eigenvalue weighted by Gasteiger charge is 2.25. The molecule has 0 spiro atoms. The maximum absolute atomic E-state index is 12.3. The lowest BCUT2D eigenvalue weighted by molar-refractivity contribution is -0.121. The van der Waals surface area contributed by atoms with E-state index in [9.17, 15) is 4.79 Å². The van der Waals surface area contributed by atoms with E-state index in [2.05, 4.69) is 5.32 Å². The molecule has 1 amide bonds. The van der Waals surface area contributed by atoms with Gasteiger partial charge in [-0.05, 0) is 36.2 Å². The quantitative estimate of drug-likeness (QED) is 0.917. The molecule has 2 aromatic carbocycles. The number of hydrogen-bond acceptors (Lipinski definition) is 2. The Bertz CT molecular complexity index is 642. The summed E-state index contributed by atoms with van der Waals surface area (Å²) in [6.07, 6.45) is 0.697. The molecule has 0 bridgehead atoms. The van der Waals surface area contributed by atoms with Crippen molar-refractivity contribution in [1.82, 2.24) is 0 Å². The molecule has 0 aromatic heterocycles. The Hall–Kier alpha value is -2.00. The van der Waals surface area contributed by atoms with E-state index >= 15 is 0 Å². The van der Waals surface area contributed by atoms with Gasteiger partial charge < -0.3 is 10.1 Å². The van der Waals surface area contributed by atoms with Gasteiger partial charge in [-0.1, -0.05) is 35.9 Å². The number of fused-ring (bicyclic) bond motifs is 1. The largest absolute Gasteiger partial charge is 0.492 e.